The molecule has 8 heteroatoms. The summed E-state index contributed by atoms with van der Waals surface area (Å²) in [4.78, 5) is 12.6. The highest BCUT2D eigenvalue weighted by molar-refractivity contribution is 6.33. The van der Waals surface area contributed by atoms with Crippen molar-refractivity contribution < 1.29 is 23.7 Å². The van der Waals surface area contributed by atoms with Gasteiger partial charge in [-0.05, 0) is 42.3 Å². The lowest BCUT2D eigenvalue weighted by Gasteiger charge is -2.27. The van der Waals surface area contributed by atoms with Crippen LogP contribution in [0.2, 0.25) is 5.02 Å². The van der Waals surface area contributed by atoms with E-state index < -0.39 is 11.9 Å². The minimum Gasteiger partial charge on any atom is -0.493 e. The first-order valence-corrected chi connectivity index (χ1v) is 13.3. The number of hydrogen-bond acceptors (Lipinski definition) is 7. The predicted molar refractivity (Wildman–Crippen MR) is 149 cm³/mol. The van der Waals surface area contributed by atoms with Gasteiger partial charge in [-0.25, -0.2) is 4.79 Å². The van der Waals surface area contributed by atoms with Crippen LogP contribution in [-0.2, 0) is 0 Å². The molecule has 1 unspecified atom stereocenters. The maximum atomic E-state index is 12.6. The van der Waals surface area contributed by atoms with Crippen LogP contribution >= 0.6 is 11.6 Å². The van der Waals surface area contributed by atoms with E-state index in [4.69, 9.17) is 36.3 Å². The van der Waals surface area contributed by atoms with Crippen LogP contribution in [0.3, 0.4) is 0 Å². The summed E-state index contributed by atoms with van der Waals surface area (Å²) in [5, 5.41) is 10.2. The van der Waals surface area contributed by atoms with E-state index in [1.165, 1.54) is 19.3 Å². The van der Waals surface area contributed by atoms with Gasteiger partial charge in [-0.3, -0.25) is 0 Å². The fourth-order valence-electron chi connectivity index (χ4n) is 4.50. The molecule has 0 saturated carbocycles. The van der Waals surface area contributed by atoms with Crippen LogP contribution in [-0.4, -0.2) is 19.7 Å². The van der Waals surface area contributed by atoms with Crippen molar-refractivity contribution in [1.82, 2.24) is 0 Å². The van der Waals surface area contributed by atoms with Gasteiger partial charge in [0.25, 0.3) is 0 Å². The Morgan fingerprint density at radius 1 is 1.05 bits per heavy atom. The van der Waals surface area contributed by atoms with Crippen molar-refractivity contribution in [2.75, 3.05) is 13.7 Å². The summed E-state index contributed by atoms with van der Waals surface area (Å²) in [5.41, 5.74) is 8.17. The smallest absolute Gasteiger partial charge is 0.345 e. The average molecular weight is 547 g/mol. The van der Waals surface area contributed by atoms with E-state index in [0.29, 0.717) is 34.4 Å². The third kappa shape index (κ3) is 6.47. The summed E-state index contributed by atoms with van der Waals surface area (Å²) >= 11 is 6.13. The summed E-state index contributed by atoms with van der Waals surface area (Å²) in [6.07, 6.45) is 5.72. The standard InChI is InChI=1S/C31H31ClN2O5/c1-3-4-5-6-9-16-37-26-15-12-20(17-28(26)36-2)29-23-14-13-21(18-27(23)39-30(34)24(29)19-33)38-31(35)22-10-7-8-11-25(22)32/h7-8,10-15,17-18,29H,3-6,9,16,34H2,1-2H3. The van der Waals surface area contributed by atoms with Gasteiger partial charge in [0.05, 0.1) is 30.2 Å². The molecule has 0 fully saturated rings. The highest BCUT2D eigenvalue weighted by Crippen LogP contribution is 2.45. The summed E-state index contributed by atoms with van der Waals surface area (Å²) in [6, 6.07) is 19.4. The number of esters is 1. The van der Waals surface area contributed by atoms with Crippen molar-refractivity contribution in [3.05, 3.63) is 93.8 Å². The molecule has 0 bridgehead atoms. The molecule has 39 heavy (non-hydrogen) atoms. The highest BCUT2D eigenvalue weighted by Gasteiger charge is 2.32. The Balaban J connectivity index is 1.58. The van der Waals surface area contributed by atoms with Gasteiger partial charge in [0.2, 0.25) is 5.88 Å². The van der Waals surface area contributed by atoms with Gasteiger partial charge < -0.3 is 24.7 Å². The molecule has 0 amide bonds. The molecule has 1 heterocycles. The zero-order valence-electron chi connectivity index (χ0n) is 22.0. The lowest BCUT2D eigenvalue weighted by molar-refractivity contribution is 0.0734. The number of benzene rings is 3. The number of methoxy groups -OCH3 is 1. The summed E-state index contributed by atoms with van der Waals surface area (Å²) in [7, 11) is 1.58. The number of ether oxygens (including phenoxy) is 4. The predicted octanol–water partition coefficient (Wildman–Crippen LogP) is 7.14. The Morgan fingerprint density at radius 3 is 2.59 bits per heavy atom. The third-order valence-corrected chi connectivity index (χ3v) is 6.85. The van der Waals surface area contributed by atoms with E-state index in [-0.39, 0.29) is 22.8 Å². The average Bonchev–Trinajstić information content (AvgIpc) is 2.94. The van der Waals surface area contributed by atoms with E-state index in [1.807, 2.05) is 18.2 Å². The third-order valence-electron chi connectivity index (χ3n) is 6.52. The van der Waals surface area contributed by atoms with Gasteiger partial charge in [0, 0.05) is 11.6 Å². The number of unbranched alkanes of at least 4 members (excludes halogenated alkanes) is 4. The van der Waals surface area contributed by atoms with E-state index in [9.17, 15) is 10.1 Å². The fraction of sp³-hybridized carbons (Fsp3) is 0.290. The zero-order valence-corrected chi connectivity index (χ0v) is 22.8. The summed E-state index contributed by atoms with van der Waals surface area (Å²) in [6.45, 7) is 2.79. The molecule has 3 aromatic rings. The number of rotatable bonds is 11. The minimum absolute atomic E-state index is 0.0176. The SMILES string of the molecule is CCCCCCCOc1ccc(C2C(C#N)=C(N)Oc3cc(OC(=O)c4ccccc4Cl)ccc32)cc1OC. The molecule has 3 aromatic carbocycles. The number of fused-ring (bicyclic) bond motifs is 1. The van der Waals surface area contributed by atoms with Crippen molar-refractivity contribution in [2.45, 2.75) is 44.9 Å². The first-order chi connectivity index (χ1) is 19.0. The maximum Gasteiger partial charge on any atom is 0.345 e. The first kappa shape index (κ1) is 27.9. The Bertz CT molecular complexity index is 1410. The lowest BCUT2D eigenvalue weighted by atomic mass is 9.83. The molecule has 1 aliphatic heterocycles. The van der Waals surface area contributed by atoms with Gasteiger partial charge >= 0.3 is 5.97 Å². The van der Waals surface area contributed by atoms with Crippen molar-refractivity contribution >= 4 is 17.6 Å². The monoisotopic (exact) mass is 546 g/mol. The Hall–Kier alpha value is -4.15. The van der Waals surface area contributed by atoms with Crippen LogP contribution < -0.4 is 24.7 Å². The second kappa shape index (κ2) is 13.1. The second-order valence-corrected chi connectivity index (χ2v) is 9.57. The van der Waals surface area contributed by atoms with Crippen molar-refractivity contribution in [2.24, 2.45) is 5.73 Å². The van der Waals surface area contributed by atoms with Crippen LogP contribution in [0.25, 0.3) is 0 Å². The molecular weight excluding hydrogens is 516 g/mol. The molecule has 0 radical (unpaired) electrons. The minimum atomic E-state index is -0.597. The molecule has 0 spiro atoms. The normalized spacial score (nSPS) is 14.2. The fourth-order valence-corrected chi connectivity index (χ4v) is 4.71. The van der Waals surface area contributed by atoms with Gasteiger partial charge in [0.1, 0.15) is 23.1 Å². The number of hydrogen-bond donors (Lipinski definition) is 1. The second-order valence-electron chi connectivity index (χ2n) is 9.17. The summed E-state index contributed by atoms with van der Waals surface area (Å²) < 4.78 is 22.9. The molecule has 7 nitrogen and oxygen atoms in total. The number of allylic oxidation sites excluding steroid dienone is 1. The number of nitrogens with two attached hydrogens (primary N) is 1. The lowest BCUT2D eigenvalue weighted by Crippen LogP contribution is -2.21. The maximum absolute atomic E-state index is 12.6. The molecule has 1 atom stereocenters. The molecule has 202 valence electrons. The highest BCUT2D eigenvalue weighted by atomic mass is 35.5. The van der Waals surface area contributed by atoms with Crippen LogP contribution in [0.5, 0.6) is 23.0 Å². The Kier molecular flexibility index (Phi) is 9.35. The molecule has 2 N–H and O–H groups in total. The molecule has 0 aliphatic carbocycles. The quantitative estimate of drug-likeness (QED) is 0.155. The number of carbonyl (C=O) groups excluding carboxylic acids is 1. The van der Waals surface area contributed by atoms with E-state index in [1.54, 1.807) is 49.6 Å². The molecular formula is C31H31ClN2O5. The van der Waals surface area contributed by atoms with Crippen molar-refractivity contribution in [1.29, 1.82) is 5.26 Å². The molecule has 4 rings (SSSR count). The molecule has 1 aliphatic rings. The van der Waals surface area contributed by atoms with E-state index in [2.05, 4.69) is 13.0 Å². The van der Waals surface area contributed by atoms with Gasteiger partial charge in [-0.2, -0.15) is 5.26 Å². The van der Waals surface area contributed by atoms with Gasteiger partial charge in [-0.15, -0.1) is 0 Å². The van der Waals surface area contributed by atoms with E-state index >= 15 is 0 Å². The molecule has 0 saturated heterocycles. The molecule has 0 aromatic heterocycles. The summed E-state index contributed by atoms with van der Waals surface area (Å²) in [5.74, 6) is 0.717. The largest absolute Gasteiger partial charge is 0.493 e. The zero-order chi connectivity index (χ0) is 27.8. The number of carbonyl (C=O) groups is 1. The van der Waals surface area contributed by atoms with Crippen molar-refractivity contribution in [3.63, 3.8) is 0 Å². The Morgan fingerprint density at radius 2 is 1.85 bits per heavy atom. The number of nitriles is 1. The number of halogens is 1. The number of nitrogens with zero attached hydrogens (tertiary/aromatic N) is 1. The van der Waals surface area contributed by atoms with Gasteiger partial charge in [0.15, 0.2) is 11.5 Å². The van der Waals surface area contributed by atoms with Crippen LogP contribution in [0, 0.1) is 11.3 Å². The van der Waals surface area contributed by atoms with Crippen LogP contribution in [0.4, 0.5) is 0 Å². The van der Waals surface area contributed by atoms with Gasteiger partial charge in [-0.1, -0.05) is 68.5 Å². The van der Waals surface area contributed by atoms with Crippen LogP contribution in [0.15, 0.2) is 72.1 Å². The van der Waals surface area contributed by atoms with E-state index in [0.717, 1.165) is 18.4 Å². The van der Waals surface area contributed by atoms with Crippen LogP contribution in [0.1, 0.15) is 66.4 Å². The Labute approximate surface area is 233 Å². The van der Waals surface area contributed by atoms with Crippen molar-refractivity contribution in [3.8, 4) is 29.1 Å². The topological polar surface area (TPSA) is 104 Å². The first-order valence-electron chi connectivity index (χ1n) is 13.0.